The van der Waals surface area contributed by atoms with Crippen LogP contribution in [-0.2, 0) is 9.53 Å². The number of aryl methyl sites for hydroxylation is 2. The van der Waals surface area contributed by atoms with Crippen LogP contribution in [0.4, 0.5) is 5.82 Å². The molecule has 0 bridgehead atoms. The molecule has 2 aromatic heterocycles. The fourth-order valence-electron chi connectivity index (χ4n) is 2.30. The van der Waals surface area contributed by atoms with E-state index in [1.165, 1.54) is 11.3 Å². The molecule has 0 spiro atoms. The highest BCUT2D eigenvalue weighted by atomic mass is 32.1. The predicted octanol–water partition coefficient (Wildman–Crippen LogP) is 2.42. The molecule has 2 heterocycles. The van der Waals surface area contributed by atoms with E-state index < -0.39 is 0 Å². The molecule has 7 nitrogen and oxygen atoms in total. The third-order valence-corrected chi connectivity index (χ3v) is 4.39. The SMILES string of the molecule is CCOC(=O)c1sc2nc(C)nc(NCC(=O)NC(C)C)c2c1C. The number of anilines is 1. The molecule has 0 saturated heterocycles. The lowest BCUT2D eigenvalue weighted by molar-refractivity contribution is -0.119. The Morgan fingerprint density at radius 3 is 2.58 bits per heavy atom. The van der Waals surface area contributed by atoms with Gasteiger partial charge in [-0.3, -0.25) is 4.79 Å². The standard InChI is InChI=1S/C16H22N4O3S/c1-6-23-16(22)13-9(4)12-14(17-7-11(21)18-8(2)3)19-10(5)20-15(12)24-13/h8H,6-7H2,1-5H3,(H,18,21)(H,17,19,20). The van der Waals surface area contributed by atoms with E-state index >= 15 is 0 Å². The first kappa shape index (κ1) is 18.1. The molecule has 2 aromatic rings. The zero-order valence-electron chi connectivity index (χ0n) is 14.5. The molecular formula is C16H22N4O3S. The van der Waals surface area contributed by atoms with Crippen molar-refractivity contribution in [2.75, 3.05) is 18.5 Å². The number of ether oxygens (including phenoxy) is 1. The van der Waals surface area contributed by atoms with Crippen molar-refractivity contribution in [3.05, 3.63) is 16.3 Å². The van der Waals surface area contributed by atoms with Crippen LogP contribution in [0.1, 0.15) is 41.8 Å². The van der Waals surface area contributed by atoms with E-state index in [0.717, 1.165) is 10.9 Å². The molecule has 2 N–H and O–H groups in total. The number of esters is 1. The van der Waals surface area contributed by atoms with Gasteiger partial charge in [0.1, 0.15) is 21.3 Å². The highest BCUT2D eigenvalue weighted by Crippen LogP contribution is 2.34. The number of aromatic nitrogens is 2. The number of hydrogen-bond acceptors (Lipinski definition) is 7. The number of nitrogens with one attached hydrogen (secondary N) is 2. The van der Waals surface area contributed by atoms with Gasteiger partial charge in [-0.2, -0.15) is 0 Å². The number of amides is 1. The fourth-order valence-corrected chi connectivity index (χ4v) is 3.42. The van der Waals surface area contributed by atoms with E-state index in [2.05, 4.69) is 20.6 Å². The van der Waals surface area contributed by atoms with Gasteiger partial charge < -0.3 is 15.4 Å². The predicted molar refractivity (Wildman–Crippen MR) is 94.6 cm³/mol. The average molecular weight is 350 g/mol. The Balaban J connectivity index is 2.35. The monoisotopic (exact) mass is 350 g/mol. The Kier molecular flexibility index (Phi) is 5.71. The Morgan fingerprint density at radius 1 is 1.25 bits per heavy atom. The van der Waals surface area contributed by atoms with Gasteiger partial charge >= 0.3 is 5.97 Å². The molecule has 0 unspecified atom stereocenters. The smallest absolute Gasteiger partial charge is 0.348 e. The largest absolute Gasteiger partial charge is 0.462 e. The third-order valence-electron chi connectivity index (χ3n) is 3.23. The van der Waals surface area contributed by atoms with Crippen molar-refractivity contribution in [2.45, 2.75) is 40.7 Å². The van der Waals surface area contributed by atoms with Crippen LogP contribution in [0.5, 0.6) is 0 Å². The lowest BCUT2D eigenvalue weighted by atomic mass is 10.2. The zero-order chi connectivity index (χ0) is 17.9. The number of nitrogens with zero attached hydrogens (tertiary/aromatic N) is 2. The van der Waals surface area contributed by atoms with Gasteiger partial charge in [-0.25, -0.2) is 14.8 Å². The second-order valence-corrected chi connectivity index (χ2v) is 6.65. The van der Waals surface area contributed by atoms with Crippen LogP contribution in [0.2, 0.25) is 0 Å². The minimum atomic E-state index is -0.362. The van der Waals surface area contributed by atoms with Crippen molar-refractivity contribution in [1.82, 2.24) is 15.3 Å². The highest BCUT2D eigenvalue weighted by Gasteiger charge is 2.21. The van der Waals surface area contributed by atoms with E-state index in [0.29, 0.717) is 28.0 Å². The van der Waals surface area contributed by atoms with E-state index in [4.69, 9.17) is 4.74 Å². The van der Waals surface area contributed by atoms with Crippen LogP contribution < -0.4 is 10.6 Å². The van der Waals surface area contributed by atoms with E-state index in [-0.39, 0.29) is 24.5 Å². The van der Waals surface area contributed by atoms with Gasteiger partial charge in [0.2, 0.25) is 5.91 Å². The van der Waals surface area contributed by atoms with Gasteiger partial charge in [0.15, 0.2) is 0 Å². The van der Waals surface area contributed by atoms with Crippen LogP contribution in [-0.4, -0.2) is 41.0 Å². The quantitative estimate of drug-likeness (QED) is 0.777. The van der Waals surface area contributed by atoms with Crippen LogP contribution >= 0.6 is 11.3 Å². The van der Waals surface area contributed by atoms with Gasteiger partial charge in [0.05, 0.1) is 18.5 Å². The average Bonchev–Trinajstić information content (AvgIpc) is 2.81. The van der Waals surface area contributed by atoms with Crippen molar-refractivity contribution in [2.24, 2.45) is 0 Å². The molecule has 0 fully saturated rings. The molecule has 0 aliphatic carbocycles. The summed E-state index contributed by atoms with van der Waals surface area (Å²) in [6, 6.07) is 0.0738. The highest BCUT2D eigenvalue weighted by molar-refractivity contribution is 7.20. The molecule has 1 amide bonds. The van der Waals surface area contributed by atoms with Crippen molar-refractivity contribution < 1.29 is 14.3 Å². The normalized spacial score (nSPS) is 10.9. The van der Waals surface area contributed by atoms with Crippen molar-refractivity contribution in [3.8, 4) is 0 Å². The van der Waals surface area contributed by atoms with Crippen LogP contribution in [0.3, 0.4) is 0 Å². The number of thiophene rings is 1. The molecule has 2 rings (SSSR count). The zero-order valence-corrected chi connectivity index (χ0v) is 15.3. The molecular weight excluding hydrogens is 328 g/mol. The first-order chi connectivity index (χ1) is 11.3. The van der Waals surface area contributed by atoms with Crippen molar-refractivity contribution in [1.29, 1.82) is 0 Å². The van der Waals surface area contributed by atoms with E-state index in [1.807, 2.05) is 20.8 Å². The first-order valence-corrected chi connectivity index (χ1v) is 8.63. The minimum Gasteiger partial charge on any atom is -0.462 e. The lowest BCUT2D eigenvalue weighted by Crippen LogP contribution is -2.35. The number of hydrogen-bond donors (Lipinski definition) is 2. The summed E-state index contributed by atoms with van der Waals surface area (Å²) in [5, 5.41) is 6.62. The van der Waals surface area contributed by atoms with Gasteiger partial charge in [-0.05, 0) is 40.2 Å². The summed E-state index contributed by atoms with van der Waals surface area (Å²) in [7, 11) is 0. The summed E-state index contributed by atoms with van der Waals surface area (Å²) >= 11 is 1.28. The van der Waals surface area contributed by atoms with Crippen LogP contribution in [0.25, 0.3) is 10.2 Å². The molecule has 24 heavy (non-hydrogen) atoms. The third kappa shape index (κ3) is 4.00. The second kappa shape index (κ2) is 7.57. The fraction of sp³-hybridized carbons (Fsp3) is 0.500. The summed E-state index contributed by atoms with van der Waals surface area (Å²) in [6.07, 6.45) is 0. The van der Waals surface area contributed by atoms with E-state index in [1.54, 1.807) is 13.8 Å². The maximum Gasteiger partial charge on any atom is 0.348 e. The van der Waals surface area contributed by atoms with Crippen LogP contribution in [0, 0.1) is 13.8 Å². The number of fused-ring (bicyclic) bond motifs is 1. The summed E-state index contributed by atoms with van der Waals surface area (Å²) in [5.74, 6) is 0.652. The molecule has 0 aliphatic rings. The molecule has 0 aromatic carbocycles. The second-order valence-electron chi connectivity index (χ2n) is 5.65. The Bertz CT molecular complexity index is 770. The van der Waals surface area contributed by atoms with Gasteiger partial charge in [-0.1, -0.05) is 0 Å². The Labute approximate surface area is 144 Å². The molecule has 8 heteroatoms. The number of carbonyl (C=O) groups excluding carboxylic acids is 2. The van der Waals surface area contributed by atoms with E-state index in [9.17, 15) is 9.59 Å². The van der Waals surface area contributed by atoms with Crippen molar-refractivity contribution in [3.63, 3.8) is 0 Å². The summed E-state index contributed by atoms with van der Waals surface area (Å²) in [4.78, 5) is 33.9. The molecule has 130 valence electrons. The summed E-state index contributed by atoms with van der Waals surface area (Å²) in [5.41, 5.74) is 0.764. The van der Waals surface area contributed by atoms with Crippen molar-refractivity contribution >= 4 is 39.2 Å². The maximum absolute atomic E-state index is 12.1. The minimum absolute atomic E-state index is 0.0738. The molecule has 0 aliphatic heterocycles. The first-order valence-electron chi connectivity index (χ1n) is 7.81. The van der Waals surface area contributed by atoms with Gasteiger partial charge in [0.25, 0.3) is 0 Å². The Hall–Kier alpha value is -2.22. The Morgan fingerprint density at radius 2 is 1.96 bits per heavy atom. The molecule has 0 radical (unpaired) electrons. The van der Waals surface area contributed by atoms with Gasteiger partial charge in [-0.15, -0.1) is 11.3 Å². The number of carbonyl (C=O) groups is 2. The number of rotatable bonds is 6. The summed E-state index contributed by atoms with van der Waals surface area (Å²) in [6.45, 7) is 9.61. The lowest BCUT2D eigenvalue weighted by Gasteiger charge is -2.11. The molecule has 0 saturated carbocycles. The van der Waals surface area contributed by atoms with Gasteiger partial charge in [0, 0.05) is 6.04 Å². The summed E-state index contributed by atoms with van der Waals surface area (Å²) < 4.78 is 5.09. The van der Waals surface area contributed by atoms with Crippen LogP contribution in [0.15, 0.2) is 0 Å². The maximum atomic E-state index is 12.1. The molecule has 0 atom stereocenters. The topological polar surface area (TPSA) is 93.2 Å².